The van der Waals surface area contributed by atoms with Crippen molar-refractivity contribution in [2.24, 2.45) is 0 Å². The van der Waals surface area contributed by atoms with Gasteiger partial charge in [0, 0.05) is 23.9 Å². The van der Waals surface area contributed by atoms with Crippen LogP contribution in [-0.2, 0) is 10.0 Å². The highest BCUT2D eigenvalue weighted by molar-refractivity contribution is 7.92. The Labute approximate surface area is 137 Å². The summed E-state index contributed by atoms with van der Waals surface area (Å²) in [6.45, 7) is 0. The molecule has 0 spiro atoms. The summed E-state index contributed by atoms with van der Waals surface area (Å²) in [6.07, 6.45) is 0. The summed E-state index contributed by atoms with van der Waals surface area (Å²) in [7, 11) is -1.58. The minimum absolute atomic E-state index is 0.0289. The molecule has 2 rings (SSSR count). The third kappa shape index (κ3) is 3.49. The minimum atomic E-state index is -4.23. The van der Waals surface area contributed by atoms with Gasteiger partial charge in [0.05, 0.1) is 19.1 Å². The third-order valence-corrected chi connectivity index (χ3v) is 4.47. The van der Waals surface area contributed by atoms with Gasteiger partial charge in [-0.25, -0.2) is 8.42 Å². The number of nitro groups is 1. The van der Waals surface area contributed by atoms with E-state index >= 15 is 0 Å². The average Bonchev–Trinajstić information content (AvgIpc) is 2.55. The lowest BCUT2D eigenvalue weighted by Gasteiger charge is -2.17. The lowest BCUT2D eigenvalue weighted by Crippen LogP contribution is -2.15. The number of nitrogens with zero attached hydrogens (tertiary/aromatic N) is 1. The highest BCUT2D eigenvalue weighted by atomic mass is 32.2. The van der Waals surface area contributed by atoms with E-state index in [1.165, 1.54) is 32.4 Å². The zero-order valence-corrected chi connectivity index (χ0v) is 13.5. The van der Waals surface area contributed by atoms with E-state index < -0.39 is 32.1 Å². The van der Waals surface area contributed by atoms with Crippen LogP contribution >= 0.6 is 0 Å². The Balaban J connectivity index is 2.49. The molecule has 0 radical (unpaired) electrons. The van der Waals surface area contributed by atoms with Crippen LogP contribution in [0.4, 0.5) is 11.4 Å². The zero-order valence-electron chi connectivity index (χ0n) is 12.7. The van der Waals surface area contributed by atoms with Gasteiger partial charge in [-0.05, 0) is 12.1 Å². The molecule has 1 N–H and O–H groups in total. The van der Waals surface area contributed by atoms with E-state index in [0.29, 0.717) is 0 Å². The smallest absolute Gasteiger partial charge is 0.271 e. The molecule has 24 heavy (non-hydrogen) atoms. The number of sulfonamides is 1. The van der Waals surface area contributed by atoms with Gasteiger partial charge < -0.3 is 14.6 Å². The average molecular weight is 353 g/mol. The second-order valence-corrected chi connectivity index (χ2v) is 6.21. The van der Waals surface area contributed by atoms with Crippen molar-refractivity contribution in [3.8, 4) is 17.2 Å². The fourth-order valence-corrected chi connectivity index (χ4v) is 3.15. The zero-order chi connectivity index (χ0) is 17.9. The van der Waals surface area contributed by atoms with Gasteiger partial charge in [-0.3, -0.25) is 14.8 Å². The Bertz CT molecular complexity index is 881. The van der Waals surface area contributed by atoms with Crippen LogP contribution in [0.5, 0.6) is 17.2 Å². The molecule has 0 aliphatic heterocycles. The molecule has 128 valence electrons. The number of nitrogens with one attached hydrogen (secondary N) is 1. The van der Waals surface area contributed by atoms with E-state index in [1.807, 2.05) is 4.72 Å². The van der Waals surface area contributed by atoms with E-state index in [-0.39, 0.29) is 16.4 Å². The van der Waals surface area contributed by atoms with Crippen molar-refractivity contribution in [1.29, 1.82) is 0 Å². The van der Waals surface area contributed by atoms with Crippen molar-refractivity contribution in [2.75, 3.05) is 18.9 Å². The molecule has 0 fully saturated rings. The maximum atomic E-state index is 12.5. The van der Waals surface area contributed by atoms with Crippen LogP contribution in [0.25, 0.3) is 0 Å². The lowest BCUT2D eigenvalue weighted by molar-refractivity contribution is -0.385. The van der Waals surface area contributed by atoms with Crippen LogP contribution in [0.15, 0.2) is 41.3 Å². The van der Waals surface area contributed by atoms with E-state index in [9.17, 15) is 23.6 Å². The van der Waals surface area contributed by atoms with Crippen molar-refractivity contribution in [3.63, 3.8) is 0 Å². The van der Waals surface area contributed by atoms with Crippen LogP contribution in [-0.4, -0.2) is 27.6 Å². The molecule has 0 heterocycles. The lowest BCUT2D eigenvalue weighted by atomic mass is 10.2. The molecule has 2 aromatic carbocycles. The Hall–Kier alpha value is -3.01. The highest BCUT2D eigenvalue weighted by Gasteiger charge is 2.22. The number of hydrogen-bond acceptors (Lipinski definition) is 7. The number of hydrogen-bond donors (Lipinski definition) is 1. The monoisotopic (exact) mass is 353 g/mol. The fourth-order valence-electron chi connectivity index (χ4n) is 1.91. The maximum Gasteiger partial charge on any atom is 0.271 e. The number of anilines is 1. The molecule has 0 bridgehead atoms. The van der Waals surface area contributed by atoms with E-state index in [0.717, 1.165) is 18.2 Å². The number of ether oxygens (including phenoxy) is 2. The SMILES string of the molecule is COc1ccc(OC)c(S(=O)(=O)Nc2cc([N+](=O)[O-])ccc2[O-])c1. The van der Waals surface area contributed by atoms with E-state index in [4.69, 9.17) is 9.47 Å². The van der Waals surface area contributed by atoms with E-state index in [2.05, 4.69) is 0 Å². The normalized spacial score (nSPS) is 10.9. The highest BCUT2D eigenvalue weighted by Crippen LogP contribution is 2.32. The summed E-state index contributed by atoms with van der Waals surface area (Å²) < 4.78 is 37.1. The molecule has 0 saturated carbocycles. The Kier molecular flexibility index (Phi) is 4.79. The molecule has 0 aliphatic carbocycles. The van der Waals surface area contributed by atoms with Gasteiger partial charge in [-0.15, -0.1) is 0 Å². The number of nitro benzene ring substituents is 1. The third-order valence-electron chi connectivity index (χ3n) is 3.08. The topological polar surface area (TPSA) is 131 Å². The second-order valence-electron chi connectivity index (χ2n) is 4.56. The summed E-state index contributed by atoms with van der Waals surface area (Å²) in [5, 5.41) is 22.5. The van der Waals surface area contributed by atoms with Gasteiger partial charge in [0.15, 0.2) is 0 Å². The van der Waals surface area contributed by atoms with Crippen LogP contribution < -0.4 is 19.3 Å². The summed E-state index contributed by atoms with van der Waals surface area (Å²) in [5.74, 6) is -0.412. The van der Waals surface area contributed by atoms with Crippen LogP contribution in [0.2, 0.25) is 0 Å². The largest absolute Gasteiger partial charge is 0.871 e. The number of methoxy groups -OCH3 is 2. The second kappa shape index (κ2) is 6.62. The molecule has 0 unspecified atom stereocenters. The molecule has 0 atom stereocenters. The fraction of sp³-hybridized carbons (Fsp3) is 0.143. The summed E-state index contributed by atoms with van der Waals surface area (Å²) in [5.41, 5.74) is -0.848. The number of non-ortho nitro benzene ring substituents is 1. The molecule has 0 amide bonds. The molecule has 9 nitrogen and oxygen atoms in total. The molecule has 0 aromatic heterocycles. The number of rotatable bonds is 6. The first-order valence-electron chi connectivity index (χ1n) is 6.49. The van der Waals surface area contributed by atoms with Crippen molar-refractivity contribution in [1.82, 2.24) is 0 Å². The first-order valence-corrected chi connectivity index (χ1v) is 7.97. The number of benzene rings is 2. The molecule has 0 aliphatic rings. The maximum absolute atomic E-state index is 12.5. The molecular weight excluding hydrogens is 340 g/mol. The molecule has 0 saturated heterocycles. The minimum Gasteiger partial charge on any atom is -0.871 e. The Morgan fingerprint density at radius 3 is 2.38 bits per heavy atom. The van der Waals surface area contributed by atoms with Gasteiger partial charge in [0.2, 0.25) is 0 Å². The van der Waals surface area contributed by atoms with Crippen molar-refractivity contribution in [3.05, 3.63) is 46.5 Å². The molecular formula is C14H13N2O7S-. The Morgan fingerprint density at radius 1 is 1.08 bits per heavy atom. The van der Waals surface area contributed by atoms with Crippen molar-refractivity contribution >= 4 is 21.4 Å². The van der Waals surface area contributed by atoms with Crippen LogP contribution in [0.1, 0.15) is 0 Å². The summed E-state index contributed by atoms with van der Waals surface area (Å²) in [4.78, 5) is 9.77. The van der Waals surface area contributed by atoms with Gasteiger partial charge in [0.1, 0.15) is 16.4 Å². The van der Waals surface area contributed by atoms with E-state index in [1.54, 1.807) is 0 Å². The van der Waals surface area contributed by atoms with Crippen molar-refractivity contribution < 1.29 is 27.9 Å². The molecule has 10 heteroatoms. The van der Waals surface area contributed by atoms with Crippen molar-refractivity contribution in [2.45, 2.75) is 4.90 Å². The first-order chi connectivity index (χ1) is 11.3. The van der Waals surface area contributed by atoms with Gasteiger partial charge >= 0.3 is 0 Å². The predicted molar refractivity (Wildman–Crippen MR) is 82.9 cm³/mol. The van der Waals surface area contributed by atoms with Gasteiger partial charge in [-0.2, -0.15) is 0 Å². The van der Waals surface area contributed by atoms with Gasteiger partial charge in [0.25, 0.3) is 15.7 Å². The predicted octanol–water partition coefficient (Wildman–Crippen LogP) is 1.49. The van der Waals surface area contributed by atoms with Gasteiger partial charge in [-0.1, -0.05) is 11.8 Å². The summed E-state index contributed by atoms with van der Waals surface area (Å²) in [6, 6.07) is 6.86. The summed E-state index contributed by atoms with van der Waals surface area (Å²) >= 11 is 0. The molecule has 2 aromatic rings. The van der Waals surface area contributed by atoms with Crippen LogP contribution in [0.3, 0.4) is 0 Å². The van der Waals surface area contributed by atoms with Crippen LogP contribution in [0, 0.1) is 10.1 Å². The Morgan fingerprint density at radius 2 is 1.79 bits per heavy atom. The standard InChI is InChI=1S/C14H14N2O7S/c1-22-10-4-6-13(23-2)14(8-10)24(20,21)15-11-7-9(16(18)19)3-5-12(11)17/h3-8,15,17H,1-2H3/p-1. The first kappa shape index (κ1) is 17.3. The quantitative estimate of drug-likeness (QED) is 0.614.